The van der Waals surface area contributed by atoms with Gasteiger partial charge in [0.1, 0.15) is 0 Å². The van der Waals surface area contributed by atoms with E-state index in [4.69, 9.17) is 15.2 Å². The molecule has 2 N–H and O–H groups in total. The van der Waals surface area contributed by atoms with E-state index in [1.165, 1.54) is 12.0 Å². The highest BCUT2D eigenvalue weighted by Gasteiger charge is 2.25. The first-order valence-corrected chi connectivity index (χ1v) is 8.12. The van der Waals surface area contributed by atoms with Crippen molar-refractivity contribution in [1.82, 2.24) is 4.90 Å². The van der Waals surface area contributed by atoms with Crippen molar-refractivity contribution in [3.63, 3.8) is 0 Å². The molecule has 0 spiro atoms. The molecule has 2 heterocycles. The standard InChI is InChI=1S/C17H26N2O2/c1-2-14-12-19(7-6-15(14)18)11-13-4-5-16-17(10-13)21-9-3-8-20-16/h4-5,10,14-15H,2-3,6-9,11-12,18H2,1H3. The zero-order valence-corrected chi connectivity index (χ0v) is 12.9. The number of fused-ring (bicyclic) bond motifs is 1. The van der Waals surface area contributed by atoms with E-state index in [-0.39, 0.29) is 0 Å². The molecule has 0 radical (unpaired) electrons. The molecule has 1 aromatic carbocycles. The maximum absolute atomic E-state index is 6.19. The average Bonchev–Trinajstić information content (AvgIpc) is 2.74. The van der Waals surface area contributed by atoms with Gasteiger partial charge in [-0.3, -0.25) is 4.90 Å². The second-order valence-corrected chi connectivity index (χ2v) is 6.19. The van der Waals surface area contributed by atoms with Crippen molar-refractivity contribution in [1.29, 1.82) is 0 Å². The first kappa shape index (κ1) is 14.7. The Labute approximate surface area is 127 Å². The third-order valence-electron chi connectivity index (χ3n) is 4.62. The maximum Gasteiger partial charge on any atom is 0.161 e. The second kappa shape index (κ2) is 6.67. The summed E-state index contributed by atoms with van der Waals surface area (Å²) in [6.07, 6.45) is 3.22. The summed E-state index contributed by atoms with van der Waals surface area (Å²) < 4.78 is 11.5. The van der Waals surface area contributed by atoms with Gasteiger partial charge in [-0.05, 0) is 36.6 Å². The van der Waals surface area contributed by atoms with E-state index in [1.807, 2.05) is 6.07 Å². The lowest BCUT2D eigenvalue weighted by Gasteiger charge is -2.36. The first-order chi connectivity index (χ1) is 10.3. The lowest BCUT2D eigenvalue weighted by atomic mass is 9.90. The Hall–Kier alpha value is -1.26. The van der Waals surface area contributed by atoms with Crippen LogP contribution in [0.4, 0.5) is 0 Å². The van der Waals surface area contributed by atoms with Crippen molar-refractivity contribution in [3.8, 4) is 11.5 Å². The third kappa shape index (κ3) is 3.50. The lowest BCUT2D eigenvalue weighted by molar-refractivity contribution is 0.145. The highest BCUT2D eigenvalue weighted by molar-refractivity contribution is 5.43. The molecule has 21 heavy (non-hydrogen) atoms. The number of ether oxygens (including phenoxy) is 2. The van der Waals surface area contributed by atoms with Gasteiger partial charge in [-0.25, -0.2) is 0 Å². The fourth-order valence-electron chi connectivity index (χ4n) is 3.27. The zero-order valence-electron chi connectivity index (χ0n) is 12.9. The minimum absolute atomic E-state index is 0.370. The quantitative estimate of drug-likeness (QED) is 0.928. The van der Waals surface area contributed by atoms with E-state index in [2.05, 4.69) is 24.0 Å². The van der Waals surface area contributed by atoms with Crippen molar-refractivity contribution in [3.05, 3.63) is 23.8 Å². The van der Waals surface area contributed by atoms with Gasteiger partial charge in [0.2, 0.25) is 0 Å². The molecule has 0 saturated carbocycles. The molecule has 2 atom stereocenters. The molecule has 4 heteroatoms. The van der Waals surface area contributed by atoms with Gasteiger partial charge in [0.05, 0.1) is 13.2 Å². The van der Waals surface area contributed by atoms with E-state index in [9.17, 15) is 0 Å². The van der Waals surface area contributed by atoms with Crippen LogP contribution in [0.25, 0.3) is 0 Å². The van der Waals surface area contributed by atoms with Crippen molar-refractivity contribution in [2.75, 3.05) is 26.3 Å². The number of rotatable bonds is 3. The smallest absolute Gasteiger partial charge is 0.161 e. The SMILES string of the molecule is CCC1CN(Cc2ccc3c(c2)OCCCO3)CCC1N. The Morgan fingerprint density at radius 3 is 2.86 bits per heavy atom. The average molecular weight is 290 g/mol. The van der Waals surface area contributed by atoms with Crippen LogP contribution in [-0.4, -0.2) is 37.2 Å². The van der Waals surface area contributed by atoms with E-state index in [1.54, 1.807) is 0 Å². The highest BCUT2D eigenvalue weighted by Crippen LogP contribution is 2.31. The Morgan fingerprint density at radius 2 is 2.05 bits per heavy atom. The minimum Gasteiger partial charge on any atom is -0.490 e. The molecule has 2 aliphatic rings. The summed E-state index contributed by atoms with van der Waals surface area (Å²) in [4.78, 5) is 2.51. The largest absolute Gasteiger partial charge is 0.490 e. The van der Waals surface area contributed by atoms with Crippen LogP contribution in [0, 0.1) is 5.92 Å². The molecule has 1 aromatic rings. The van der Waals surface area contributed by atoms with Crippen LogP contribution < -0.4 is 15.2 Å². The van der Waals surface area contributed by atoms with Gasteiger partial charge < -0.3 is 15.2 Å². The normalized spacial score (nSPS) is 26.4. The number of hydrogen-bond donors (Lipinski definition) is 1. The van der Waals surface area contributed by atoms with E-state index >= 15 is 0 Å². The number of nitrogens with two attached hydrogens (primary N) is 1. The molecule has 116 valence electrons. The summed E-state index contributed by atoms with van der Waals surface area (Å²) in [6, 6.07) is 6.71. The minimum atomic E-state index is 0.370. The molecule has 2 aliphatic heterocycles. The fourth-order valence-corrected chi connectivity index (χ4v) is 3.27. The van der Waals surface area contributed by atoms with Crippen molar-refractivity contribution < 1.29 is 9.47 Å². The first-order valence-electron chi connectivity index (χ1n) is 8.12. The van der Waals surface area contributed by atoms with Gasteiger partial charge in [-0.2, -0.15) is 0 Å². The molecule has 3 rings (SSSR count). The van der Waals surface area contributed by atoms with Gasteiger partial charge in [-0.1, -0.05) is 19.4 Å². The van der Waals surface area contributed by atoms with Gasteiger partial charge in [0, 0.05) is 25.6 Å². The van der Waals surface area contributed by atoms with Crippen LogP contribution in [0.2, 0.25) is 0 Å². The molecule has 0 aromatic heterocycles. The van der Waals surface area contributed by atoms with Crippen LogP contribution in [0.1, 0.15) is 31.7 Å². The van der Waals surface area contributed by atoms with Crippen LogP contribution in [0.15, 0.2) is 18.2 Å². The maximum atomic E-state index is 6.19. The van der Waals surface area contributed by atoms with Gasteiger partial charge in [0.25, 0.3) is 0 Å². The lowest BCUT2D eigenvalue weighted by Crippen LogP contribution is -2.46. The summed E-state index contributed by atoms with van der Waals surface area (Å²) in [6.45, 7) is 6.89. The van der Waals surface area contributed by atoms with E-state index in [0.29, 0.717) is 12.0 Å². The Bertz CT molecular complexity index is 478. The van der Waals surface area contributed by atoms with E-state index < -0.39 is 0 Å². The van der Waals surface area contributed by atoms with Crippen molar-refractivity contribution in [2.24, 2.45) is 11.7 Å². The van der Waals surface area contributed by atoms with Gasteiger partial charge in [0.15, 0.2) is 11.5 Å². The van der Waals surface area contributed by atoms with Gasteiger partial charge >= 0.3 is 0 Å². The number of benzene rings is 1. The molecule has 2 unspecified atom stereocenters. The Morgan fingerprint density at radius 1 is 1.24 bits per heavy atom. The summed E-state index contributed by atoms with van der Waals surface area (Å²) in [7, 11) is 0. The molecule has 1 fully saturated rings. The van der Waals surface area contributed by atoms with Crippen LogP contribution in [-0.2, 0) is 6.54 Å². The number of likely N-dealkylation sites (tertiary alicyclic amines) is 1. The molecule has 0 aliphatic carbocycles. The summed E-state index contributed by atoms with van der Waals surface area (Å²) in [5.74, 6) is 2.40. The second-order valence-electron chi connectivity index (χ2n) is 6.19. The number of nitrogens with zero attached hydrogens (tertiary/aromatic N) is 1. The summed E-state index contributed by atoms with van der Waals surface area (Å²) in [5.41, 5.74) is 7.49. The molecule has 4 nitrogen and oxygen atoms in total. The van der Waals surface area contributed by atoms with Crippen molar-refractivity contribution >= 4 is 0 Å². The predicted octanol–water partition coefficient (Wildman–Crippen LogP) is 2.41. The molecule has 0 amide bonds. The number of piperidine rings is 1. The van der Waals surface area contributed by atoms with Crippen LogP contribution >= 0.6 is 0 Å². The van der Waals surface area contributed by atoms with Crippen molar-refractivity contribution in [2.45, 2.75) is 38.8 Å². The Balaban J connectivity index is 1.66. The molecule has 1 saturated heterocycles. The summed E-state index contributed by atoms with van der Waals surface area (Å²) in [5, 5.41) is 0. The third-order valence-corrected chi connectivity index (χ3v) is 4.62. The predicted molar refractivity (Wildman–Crippen MR) is 83.7 cm³/mol. The van der Waals surface area contributed by atoms with Gasteiger partial charge in [-0.15, -0.1) is 0 Å². The Kier molecular flexibility index (Phi) is 4.66. The molecular weight excluding hydrogens is 264 g/mol. The fraction of sp³-hybridized carbons (Fsp3) is 0.647. The zero-order chi connectivity index (χ0) is 14.7. The van der Waals surface area contributed by atoms with Crippen LogP contribution in [0.5, 0.6) is 11.5 Å². The molecule has 0 bridgehead atoms. The summed E-state index contributed by atoms with van der Waals surface area (Å²) >= 11 is 0. The highest BCUT2D eigenvalue weighted by atomic mass is 16.5. The number of hydrogen-bond acceptors (Lipinski definition) is 4. The van der Waals surface area contributed by atoms with E-state index in [0.717, 1.165) is 57.2 Å². The molecular formula is C17H26N2O2. The monoisotopic (exact) mass is 290 g/mol. The van der Waals surface area contributed by atoms with Crippen LogP contribution in [0.3, 0.4) is 0 Å². The topological polar surface area (TPSA) is 47.7 Å².